The Kier molecular flexibility index (Phi) is 15.1. The highest BCUT2D eigenvalue weighted by Gasteiger charge is 1.99. The lowest BCUT2D eigenvalue weighted by Crippen LogP contribution is -1.99. The number of carbonyl (C=O) groups excluding carboxylic acids is 2. The van der Waals surface area contributed by atoms with E-state index in [1.165, 1.54) is 20.0 Å². The summed E-state index contributed by atoms with van der Waals surface area (Å²) in [6.45, 7) is 2.17. The highest BCUT2D eigenvalue weighted by molar-refractivity contribution is 5.80. The molecule has 0 aliphatic heterocycles. The van der Waals surface area contributed by atoms with Crippen molar-refractivity contribution in [2.45, 2.75) is 90.4 Å². The monoisotopic (exact) mass is 308 g/mol. The fraction of sp³-hybridized carbons (Fsp3) is 0.789. The molecule has 0 saturated heterocycles. The predicted octanol–water partition coefficient (Wildman–Crippen LogP) is 4.82. The summed E-state index contributed by atoms with van der Waals surface area (Å²) >= 11 is 0. The largest absolute Gasteiger partial charge is 0.469 e. The van der Waals surface area contributed by atoms with Crippen LogP contribution in [0.1, 0.15) is 90.4 Å². The Balaban J connectivity index is 3.34. The first-order valence-electron chi connectivity index (χ1n) is 8.75. The van der Waals surface area contributed by atoms with E-state index in [0.29, 0.717) is 19.3 Å². The Morgan fingerprint density at radius 1 is 0.818 bits per heavy atom. The molecular formula is C19H32O3. The van der Waals surface area contributed by atoms with Crippen LogP contribution < -0.4 is 0 Å². The first kappa shape index (κ1) is 20.7. The zero-order chi connectivity index (χ0) is 16.5. The van der Waals surface area contributed by atoms with Crippen LogP contribution in [0.25, 0.3) is 0 Å². The molecule has 22 heavy (non-hydrogen) atoms. The number of ketones is 1. The average molecular weight is 308 g/mol. The average Bonchev–Trinajstić information content (AvgIpc) is 2.53. The molecule has 3 heteroatoms. The van der Waals surface area contributed by atoms with Crippen molar-refractivity contribution in [1.82, 2.24) is 0 Å². The van der Waals surface area contributed by atoms with Gasteiger partial charge in [-0.05, 0) is 19.3 Å². The van der Waals surface area contributed by atoms with E-state index in [1.54, 1.807) is 0 Å². The molecule has 0 N–H and O–H groups in total. The summed E-state index contributed by atoms with van der Waals surface area (Å²) in [5, 5.41) is 0. The summed E-state index contributed by atoms with van der Waals surface area (Å²) in [5.74, 6) is 6.24. The van der Waals surface area contributed by atoms with Gasteiger partial charge >= 0.3 is 5.97 Å². The molecular weight excluding hydrogens is 276 g/mol. The van der Waals surface area contributed by atoms with Crippen molar-refractivity contribution >= 4 is 11.8 Å². The van der Waals surface area contributed by atoms with E-state index in [4.69, 9.17) is 0 Å². The summed E-state index contributed by atoms with van der Waals surface area (Å²) in [6, 6.07) is 0. The van der Waals surface area contributed by atoms with Crippen LogP contribution in [0.4, 0.5) is 0 Å². The van der Waals surface area contributed by atoms with E-state index < -0.39 is 0 Å². The van der Waals surface area contributed by atoms with Crippen molar-refractivity contribution in [1.29, 1.82) is 0 Å². The van der Waals surface area contributed by atoms with E-state index in [1.807, 2.05) is 0 Å². The molecule has 3 nitrogen and oxygen atoms in total. The highest BCUT2D eigenvalue weighted by Crippen LogP contribution is 2.07. The van der Waals surface area contributed by atoms with Crippen LogP contribution in [-0.4, -0.2) is 18.9 Å². The fourth-order valence-corrected chi connectivity index (χ4v) is 2.20. The topological polar surface area (TPSA) is 43.4 Å². The zero-order valence-corrected chi connectivity index (χ0v) is 14.4. The van der Waals surface area contributed by atoms with Gasteiger partial charge in [-0.3, -0.25) is 9.59 Å². The highest BCUT2D eigenvalue weighted by atomic mass is 16.5. The van der Waals surface area contributed by atoms with Crippen molar-refractivity contribution in [2.24, 2.45) is 0 Å². The van der Waals surface area contributed by atoms with Crippen molar-refractivity contribution in [3.05, 3.63) is 0 Å². The zero-order valence-electron chi connectivity index (χ0n) is 14.4. The lowest BCUT2D eigenvalue weighted by atomic mass is 10.1. The maximum atomic E-state index is 11.6. The molecule has 0 saturated carbocycles. The number of carbonyl (C=O) groups is 2. The summed E-state index contributed by atoms with van der Waals surface area (Å²) in [5.41, 5.74) is 0. The molecule has 0 aromatic heterocycles. The lowest BCUT2D eigenvalue weighted by Gasteiger charge is -1.99. The first-order chi connectivity index (χ1) is 10.7. The number of hydrogen-bond acceptors (Lipinski definition) is 3. The van der Waals surface area contributed by atoms with E-state index in [0.717, 1.165) is 51.4 Å². The second-order valence-electron chi connectivity index (χ2n) is 5.72. The van der Waals surface area contributed by atoms with Gasteiger partial charge in [-0.15, -0.1) is 5.92 Å². The number of hydrogen-bond donors (Lipinski definition) is 0. The normalized spacial score (nSPS) is 9.91. The maximum absolute atomic E-state index is 11.6. The minimum Gasteiger partial charge on any atom is -0.469 e. The van der Waals surface area contributed by atoms with Crippen LogP contribution in [0.15, 0.2) is 0 Å². The molecule has 0 spiro atoms. The number of Topliss-reactive ketones (excluding diaryl/α,β-unsaturated/α-hetero) is 1. The third kappa shape index (κ3) is 15.1. The van der Waals surface area contributed by atoms with Gasteiger partial charge in [-0.1, -0.05) is 51.4 Å². The van der Waals surface area contributed by atoms with E-state index >= 15 is 0 Å². The molecule has 0 aliphatic rings. The fourth-order valence-electron chi connectivity index (χ4n) is 2.20. The third-order valence-electron chi connectivity index (χ3n) is 3.63. The van der Waals surface area contributed by atoms with E-state index in [-0.39, 0.29) is 11.8 Å². The Morgan fingerprint density at radius 2 is 1.45 bits per heavy atom. The second-order valence-corrected chi connectivity index (χ2v) is 5.72. The number of unbranched alkanes of at least 4 members (excludes halogenated alkanes) is 8. The number of rotatable bonds is 13. The van der Waals surface area contributed by atoms with Gasteiger partial charge < -0.3 is 4.74 Å². The van der Waals surface area contributed by atoms with Crippen molar-refractivity contribution in [3.63, 3.8) is 0 Å². The number of esters is 1. The Morgan fingerprint density at radius 3 is 2.18 bits per heavy atom. The lowest BCUT2D eigenvalue weighted by molar-refractivity contribution is -0.140. The van der Waals surface area contributed by atoms with Crippen LogP contribution >= 0.6 is 0 Å². The molecule has 126 valence electrons. The van der Waals surface area contributed by atoms with Crippen molar-refractivity contribution in [3.8, 4) is 11.8 Å². The van der Waals surface area contributed by atoms with Gasteiger partial charge in [0.2, 0.25) is 0 Å². The number of ether oxygens (including phenoxy) is 1. The molecule has 0 rings (SSSR count). The van der Waals surface area contributed by atoms with Gasteiger partial charge in [0.15, 0.2) is 0 Å². The molecule has 0 radical (unpaired) electrons. The third-order valence-corrected chi connectivity index (χ3v) is 3.63. The van der Waals surface area contributed by atoms with E-state index in [9.17, 15) is 9.59 Å². The number of methoxy groups -OCH3 is 1. The predicted molar refractivity (Wildman–Crippen MR) is 90.5 cm³/mol. The Labute approximate surface area is 136 Å². The SMILES string of the molecule is CCCCCCC(=O)CC#CCCCCCCCC(=O)OC. The molecule has 0 aromatic carbocycles. The Hall–Kier alpha value is -1.30. The summed E-state index contributed by atoms with van der Waals surface area (Å²) < 4.78 is 4.59. The van der Waals surface area contributed by atoms with Crippen LogP contribution in [0.2, 0.25) is 0 Å². The van der Waals surface area contributed by atoms with Crippen LogP contribution in [0.3, 0.4) is 0 Å². The Bertz CT molecular complexity index is 349. The summed E-state index contributed by atoms with van der Waals surface area (Å²) in [6.07, 6.45) is 12.4. The van der Waals surface area contributed by atoms with E-state index in [2.05, 4.69) is 23.5 Å². The quantitative estimate of drug-likeness (QED) is 0.278. The van der Waals surface area contributed by atoms with Crippen molar-refractivity contribution in [2.75, 3.05) is 7.11 Å². The molecule has 0 unspecified atom stereocenters. The molecule has 0 fully saturated rings. The molecule has 0 aliphatic carbocycles. The van der Waals surface area contributed by atoms with Crippen LogP contribution in [-0.2, 0) is 14.3 Å². The molecule has 0 atom stereocenters. The molecule has 0 amide bonds. The molecule has 0 bridgehead atoms. The summed E-state index contributed by atoms with van der Waals surface area (Å²) in [7, 11) is 1.43. The summed E-state index contributed by atoms with van der Waals surface area (Å²) in [4.78, 5) is 22.5. The van der Waals surface area contributed by atoms with Crippen LogP contribution in [0.5, 0.6) is 0 Å². The van der Waals surface area contributed by atoms with Gasteiger partial charge in [-0.25, -0.2) is 0 Å². The second kappa shape index (κ2) is 16.1. The van der Waals surface area contributed by atoms with Gasteiger partial charge in [0.25, 0.3) is 0 Å². The minimum atomic E-state index is -0.120. The smallest absolute Gasteiger partial charge is 0.305 e. The van der Waals surface area contributed by atoms with Gasteiger partial charge in [0.1, 0.15) is 5.78 Å². The van der Waals surface area contributed by atoms with Crippen LogP contribution in [0, 0.1) is 11.8 Å². The maximum Gasteiger partial charge on any atom is 0.305 e. The first-order valence-corrected chi connectivity index (χ1v) is 8.75. The van der Waals surface area contributed by atoms with Gasteiger partial charge in [-0.2, -0.15) is 0 Å². The van der Waals surface area contributed by atoms with Gasteiger partial charge in [0, 0.05) is 19.3 Å². The molecule has 0 aromatic rings. The van der Waals surface area contributed by atoms with Crippen molar-refractivity contribution < 1.29 is 14.3 Å². The standard InChI is InChI=1S/C19H32O3/c1-3-4-5-12-15-18(20)16-13-10-8-6-7-9-11-14-17-19(21)22-2/h3-9,11-12,14-17H2,1-2H3. The van der Waals surface area contributed by atoms with Gasteiger partial charge in [0.05, 0.1) is 13.5 Å². The minimum absolute atomic E-state index is 0.120. The molecule has 0 heterocycles.